The van der Waals surface area contributed by atoms with Gasteiger partial charge in [-0.25, -0.2) is 0 Å². The topological polar surface area (TPSA) is 75.4 Å². The molecule has 3 N–H and O–H groups in total. The van der Waals surface area contributed by atoms with Gasteiger partial charge in [0.25, 0.3) is 10.2 Å². The predicted octanol–water partition coefficient (Wildman–Crippen LogP) is 0.760. The van der Waals surface area contributed by atoms with Crippen molar-refractivity contribution >= 4 is 27.4 Å². The molecule has 0 bridgehead atoms. The van der Waals surface area contributed by atoms with Gasteiger partial charge in [-0.15, -0.1) is 0 Å². The van der Waals surface area contributed by atoms with Crippen LogP contribution in [0, 0.1) is 5.92 Å². The molecule has 1 saturated heterocycles. The van der Waals surface area contributed by atoms with Gasteiger partial charge >= 0.3 is 0 Å². The summed E-state index contributed by atoms with van der Waals surface area (Å²) in [7, 11) is -3.47. The van der Waals surface area contributed by atoms with Crippen molar-refractivity contribution in [2.75, 3.05) is 6.54 Å². The Morgan fingerprint density at radius 3 is 2.56 bits per heavy atom. The second kappa shape index (κ2) is 5.40. The minimum Gasteiger partial charge on any atom is -0.392 e. The van der Waals surface area contributed by atoms with E-state index in [0.717, 1.165) is 32.1 Å². The maximum absolute atomic E-state index is 12.3. The van der Waals surface area contributed by atoms with E-state index in [9.17, 15) is 8.42 Å². The smallest absolute Gasteiger partial charge is 0.280 e. The van der Waals surface area contributed by atoms with Gasteiger partial charge in [0, 0.05) is 12.6 Å². The Morgan fingerprint density at radius 2 is 2.06 bits per heavy atom. The highest BCUT2D eigenvalue weighted by Gasteiger charge is 2.38. The zero-order chi connectivity index (χ0) is 13.3. The Hall–Kier alpha value is -0.240. The van der Waals surface area contributed by atoms with Crippen molar-refractivity contribution < 1.29 is 8.42 Å². The number of nitrogens with two attached hydrogens (primary N) is 1. The molecule has 0 radical (unpaired) electrons. The monoisotopic (exact) mass is 291 g/mol. The third kappa shape index (κ3) is 3.20. The molecule has 1 aliphatic heterocycles. The minimum atomic E-state index is -3.47. The van der Waals surface area contributed by atoms with Crippen molar-refractivity contribution in [3.63, 3.8) is 0 Å². The molecule has 7 heteroatoms. The van der Waals surface area contributed by atoms with Gasteiger partial charge in [0.1, 0.15) is 0 Å². The molecule has 2 aliphatic rings. The highest BCUT2D eigenvalue weighted by Crippen LogP contribution is 2.33. The molecule has 1 saturated carbocycles. The van der Waals surface area contributed by atoms with E-state index in [2.05, 4.69) is 4.72 Å². The van der Waals surface area contributed by atoms with Crippen molar-refractivity contribution in [3.05, 3.63) is 0 Å². The maximum Gasteiger partial charge on any atom is 0.280 e. The Bertz CT molecular complexity index is 420. The SMILES string of the molecule is CC1CCCCN1S(=O)(=O)NC(C(N)=S)C1CC1. The van der Waals surface area contributed by atoms with Crippen LogP contribution in [0.15, 0.2) is 0 Å². The van der Waals surface area contributed by atoms with Crippen LogP contribution in [-0.2, 0) is 10.2 Å². The second-order valence-electron chi connectivity index (χ2n) is 5.30. The van der Waals surface area contributed by atoms with Crippen LogP contribution in [0.4, 0.5) is 0 Å². The normalized spacial score (nSPS) is 27.9. The van der Waals surface area contributed by atoms with Gasteiger partial charge < -0.3 is 5.73 Å². The highest BCUT2D eigenvalue weighted by atomic mass is 32.2. The summed E-state index contributed by atoms with van der Waals surface area (Å²) in [6, 6.07) is -0.318. The van der Waals surface area contributed by atoms with Gasteiger partial charge in [-0.3, -0.25) is 0 Å². The molecule has 1 heterocycles. The van der Waals surface area contributed by atoms with Crippen LogP contribution < -0.4 is 10.5 Å². The first-order valence-electron chi connectivity index (χ1n) is 6.50. The highest BCUT2D eigenvalue weighted by molar-refractivity contribution is 7.87. The Morgan fingerprint density at radius 1 is 1.39 bits per heavy atom. The first-order chi connectivity index (χ1) is 8.42. The molecule has 2 rings (SSSR count). The van der Waals surface area contributed by atoms with Crippen molar-refractivity contribution in [2.45, 2.75) is 51.1 Å². The lowest BCUT2D eigenvalue weighted by Gasteiger charge is -2.33. The van der Waals surface area contributed by atoms with E-state index < -0.39 is 10.2 Å². The predicted molar refractivity (Wildman–Crippen MR) is 75.4 cm³/mol. The van der Waals surface area contributed by atoms with Gasteiger partial charge in [0.2, 0.25) is 0 Å². The molecule has 0 aromatic heterocycles. The largest absolute Gasteiger partial charge is 0.392 e. The summed E-state index contributed by atoms with van der Waals surface area (Å²) in [6.07, 6.45) is 4.93. The van der Waals surface area contributed by atoms with Crippen LogP contribution in [0.2, 0.25) is 0 Å². The Balaban J connectivity index is 2.07. The first-order valence-corrected chi connectivity index (χ1v) is 8.35. The van der Waals surface area contributed by atoms with Crippen LogP contribution >= 0.6 is 12.2 Å². The lowest BCUT2D eigenvalue weighted by atomic mass is 10.1. The summed E-state index contributed by atoms with van der Waals surface area (Å²) in [6.45, 7) is 2.54. The lowest BCUT2D eigenvalue weighted by Crippen LogP contribution is -2.54. The third-order valence-corrected chi connectivity index (χ3v) is 5.69. The fraction of sp³-hybridized carbons (Fsp3) is 0.909. The number of rotatable bonds is 5. The molecule has 104 valence electrons. The maximum atomic E-state index is 12.3. The summed E-state index contributed by atoms with van der Waals surface area (Å²) in [4.78, 5) is 0.255. The zero-order valence-corrected chi connectivity index (χ0v) is 12.3. The first kappa shape index (κ1) is 14.2. The fourth-order valence-corrected chi connectivity index (χ4v) is 4.52. The van der Waals surface area contributed by atoms with Gasteiger partial charge in [-0.1, -0.05) is 18.6 Å². The number of thiocarbonyl (C=S) groups is 1. The summed E-state index contributed by atoms with van der Waals surface area (Å²) in [5.74, 6) is 0.289. The molecule has 1 aliphatic carbocycles. The molecule has 5 nitrogen and oxygen atoms in total. The van der Waals surface area contributed by atoms with Crippen LogP contribution in [0.1, 0.15) is 39.0 Å². The molecule has 0 aromatic carbocycles. The summed E-state index contributed by atoms with van der Waals surface area (Å²) < 4.78 is 28.9. The quantitative estimate of drug-likeness (QED) is 0.733. The molecule has 18 heavy (non-hydrogen) atoms. The van der Waals surface area contributed by atoms with Gasteiger partial charge in [0.05, 0.1) is 11.0 Å². The molecule has 0 aromatic rings. The van der Waals surface area contributed by atoms with Gasteiger partial charge in [0.15, 0.2) is 0 Å². The second-order valence-corrected chi connectivity index (χ2v) is 7.42. The van der Waals surface area contributed by atoms with Crippen molar-refractivity contribution in [1.82, 2.24) is 9.03 Å². The molecule has 0 spiro atoms. The number of piperidine rings is 1. The zero-order valence-electron chi connectivity index (χ0n) is 10.6. The minimum absolute atomic E-state index is 0.0578. The van der Waals surface area contributed by atoms with Gasteiger partial charge in [-0.2, -0.15) is 17.4 Å². The average Bonchev–Trinajstić information content (AvgIpc) is 3.10. The van der Waals surface area contributed by atoms with E-state index >= 15 is 0 Å². The van der Waals surface area contributed by atoms with Crippen LogP contribution in [-0.4, -0.2) is 36.3 Å². The van der Waals surface area contributed by atoms with E-state index in [1.165, 1.54) is 0 Å². The van der Waals surface area contributed by atoms with Gasteiger partial charge in [-0.05, 0) is 38.5 Å². The Kier molecular flexibility index (Phi) is 4.25. The third-order valence-electron chi connectivity index (χ3n) is 3.73. The van der Waals surface area contributed by atoms with E-state index in [-0.39, 0.29) is 23.0 Å². The Labute approximate surface area is 114 Å². The van der Waals surface area contributed by atoms with E-state index in [0.29, 0.717) is 6.54 Å². The standard InChI is InChI=1S/C11H21N3O2S2/c1-8-4-2-3-7-14(8)18(15,16)13-10(11(12)17)9-5-6-9/h8-10,13H,2-7H2,1H3,(H2,12,17). The lowest BCUT2D eigenvalue weighted by molar-refractivity contribution is 0.264. The average molecular weight is 291 g/mol. The van der Waals surface area contributed by atoms with E-state index in [4.69, 9.17) is 18.0 Å². The van der Waals surface area contributed by atoms with Crippen molar-refractivity contribution in [3.8, 4) is 0 Å². The van der Waals surface area contributed by atoms with E-state index in [1.807, 2.05) is 6.92 Å². The fourth-order valence-electron chi connectivity index (χ4n) is 2.47. The molecule has 2 unspecified atom stereocenters. The number of nitrogens with zero attached hydrogens (tertiary/aromatic N) is 1. The number of nitrogens with one attached hydrogen (secondary N) is 1. The van der Waals surface area contributed by atoms with Crippen LogP contribution in [0.25, 0.3) is 0 Å². The number of hydrogen-bond acceptors (Lipinski definition) is 3. The molecule has 2 atom stereocenters. The van der Waals surface area contributed by atoms with Crippen molar-refractivity contribution in [2.24, 2.45) is 11.7 Å². The number of hydrogen-bond donors (Lipinski definition) is 2. The van der Waals surface area contributed by atoms with Crippen molar-refractivity contribution in [1.29, 1.82) is 0 Å². The summed E-state index contributed by atoms with van der Waals surface area (Å²) >= 11 is 4.96. The van der Waals surface area contributed by atoms with Crippen LogP contribution in [0.5, 0.6) is 0 Å². The summed E-state index contributed by atoms with van der Waals surface area (Å²) in [5.41, 5.74) is 5.63. The van der Waals surface area contributed by atoms with E-state index in [1.54, 1.807) is 4.31 Å². The van der Waals surface area contributed by atoms with Crippen LogP contribution in [0.3, 0.4) is 0 Å². The molecular weight excluding hydrogens is 270 g/mol. The summed E-state index contributed by atoms with van der Waals surface area (Å²) in [5, 5.41) is 0. The molecule has 0 amide bonds. The molecule has 2 fully saturated rings. The molecular formula is C11H21N3O2S2.